The molecule has 1 aliphatic heterocycles. The van der Waals surface area contributed by atoms with E-state index >= 15 is 0 Å². The first-order valence-corrected chi connectivity index (χ1v) is 10.4. The lowest BCUT2D eigenvalue weighted by atomic mass is 10.1. The molecule has 148 valence electrons. The van der Waals surface area contributed by atoms with E-state index in [1.165, 1.54) is 6.07 Å². The van der Waals surface area contributed by atoms with Crippen molar-refractivity contribution in [3.63, 3.8) is 0 Å². The topological polar surface area (TPSA) is 79.8 Å². The van der Waals surface area contributed by atoms with E-state index in [4.69, 9.17) is 4.74 Å². The number of para-hydroxylation sites is 1. The smallest absolute Gasteiger partial charge is 0.191 e. The van der Waals surface area contributed by atoms with Crippen molar-refractivity contribution in [3.05, 3.63) is 30.1 Å². The normalized spacial score (nSPS) is 20.1. The van der Waals surface area contributed by atoms with E-state index in [0.717, 1.165) is 0 Å². The monoisotopic (exact) mass is 499 g/mol. The third-order valence-corrected chi connectivity index (χ3v) is 5.74. The predicted molar refractivity (Wildman–Crippen MR) is 113 cm³/mol. The highest BCUT2D eigenvalue weighted by Gasteiger charge is 2.27. The summed E-state index contributed by atoms with van der Waals surface area (Å²) in [6.07, 6.45) is 0.390. The zero-order valence-electron chi connectivity index (χ0n) is 15.1. The lowest BCUT2D eigenvalue weighted by molar-refractivity contribution is 0.220. The summed E-state index contributed by atoms with van der Waals surface area (Å²) < 4.78 is 42.2. The van der Waals surface area contributed by atoms with Crippen LogP contribution in [0.1, 0.15) is 20.3 Å². The SMILES string of the molecule is CCNC(=NCC(C)Oc1ccccc1F)NCC1CCS(=O)(=O)C1.I. The Hall–Kier alpha value is -1.10. The van der Waals surface area contributed by atoms with Crippen LogP contribution in [0.3, 0.4) is 0 Å². The first-order valence-electron chi connectivity index (χ1n) is 8.53. The summed E-state index contributed by atoms with van der Waals surface area (Å²) in [6.45, 7) is 5.39. The lowest BCUT2D eigenvalue weighted by Gasteiger charge is -2.16. The van der Waals surface area contributed by atoms with Gasteiger partial charge in [0.15, 0.2) is 27.4 Å². The van der Waals surface area contributed by atoms with Gasteiger partial charge in [0, 0.05) is 13.1 Å². The van der Waals surface area contributed by atoms with Crippen molar-refractivity contribution >= 4 is 39.8 Å². The number of benzene rings is 1. The van der Waals surface area contributed by atoms with Gasteiger partial charge < -0.3 is 15.4 Å². The standard InChI is InChI=1S/C17H26FN3O3S.HI/c1-3-19-17(21-11-14-8-9-25(22,23)12-14)20-10-13(2)24-16-7-5-4-6-15(16)18;/h4-7,13-14H,3,8-12H2,1-2H3,(H2,19,20,21);1H. The highest BCUT2D eigenvalue weighted by atomic mass is 127. The van der Waals surface area contributed by atoms with Crippen LogP contribution in [0.5, 0.6) is 5.75 Å². The molecule has 0 radical (unpaired) electrons. The highest BCUT2D eigenvalue weighted by Crippen LogP contribution is 2.18. The maximum atomic E-state index is 13.6. The van der Waals surface area contributed by atoms with Gasteiger partial charge in [-0.2, -0.15) is 0 Å². The Balaban J connectivity index is 0.00000338. The summed E-state index contributed by atoms with van der Waals surface area (Å²) in [5, 5.41) is 6.29. The second-order valence-electron chi connectivity index (χ2n) is 6.23. The fourth-order valence-corrected chi connectivity index (χ4v) is 4.49. The molecule has 0 aliphatic carbocycles. The molecule has 0 saturated carbocycles. The zero-order chi connectivity index (χ0) is 18.3. The number of hydrogen-bond acceptors (Lipinski definition) is 4. The second-order valence-corrected chi connectivity index (χ2v) is 8.46. The molecule has 1 fully saturated rings. The van der Waals surface area contributed by atoms with Gasteiger partial charge in [-0.25, -0.2) is 17.8 Å². The minimum absolute atomic E-state index is 0. The Kier molecular flexibility index (Phi) is 9.62. The molecule has 2 atom stereocenters. The molecule has 26 heavy (non-hydrogen) atoms. The van der Waals surface area contributed by atoms with Crippen molar-refractivity contribution in [3.8, 4) is 5.75 Å². The molecule has 6 nitrogen and oxygen atoms in total. The minimum Gasteiger partial charge on any atom is -0.486 e. The molecular weight excluding hydrogens is 472 g/mol. The summed E-state index contributed by atoms with van der Waals surface area (Å²) in [4.78, 5) is 4.43. The highest BCUT2D eigenvalue weighted by molar-refractivity contribution is 14.0. The second kappa shape index (κ2) is 10.9. The quantitative estimate of drug-likeness (QED) is 0.342. The van der Waals surface area contributed by atoms with Crippen LogP contribution in [0.15, 0.2) is 29.3 Å². The molecule has 2 unspecified atom stereocenters. The third-order valence-electron chi connectivity index (χ3n) is 3.90. The third kappa shape index (κ3) is 7.65. The van der Waals surface area contributed by atoms with Crippen LogP contribution in [0.25, 0.3) is 0 Å². The van der Waals surface area contributed by atoms with E-state index in [0.29, 0.717) is 32.0 Å². The summed E-state index contributed by atoms with van der Waals surface area (Å²) in [6, 6.07) is 6.27. The van der Waals surface area contributed by atoms with Crippen LogP contribution in [-0.2, 0) is 9.84 Å². The van der Waals surface area contributed by atoms with E-state index in [-0.39, 0.29) is 53.3 Å². The van der Waals surface area contributed by atoms with E-state index in [9.17, 15) is 12.8 Å². The molecule has 2 rings (SSSR count). The number of hydrogen-bond donors (Lipinski definition) is 2. The number of ether oxygens (including phenoxy) is 1. The molecule has 9 heteroatoms. The summed E-state index contributed by atoms with van der Waals surface area (Å²) >= 11 is 0. The Morgan fingerprint density at radius 3 is 2.73 bits per heavy atom. The van der Waals surface area contributed by atoms with Crippen LogP contribution in [0.4, 0.5) is 4.39 Å². The van der Waals surface area contributed by atoms with Crippen LogP contribution >= 0.6 is 24.0 Å². The van der Waals surface area contributed by atoms with E-state index in [1.54, 1.807) is 18.2 Å². The van der Waals surface area contributed by atoms with Gasteiger partial charge in [0.2, 0.25) is 0 Å². The van der Waals surface area contributed by atoms with E-state index < -0.39 is 15.7 Å². The van der Waals surface area contributed by atoms with Crippen molar-refractivity contribution in [2.24, 2.45) is 10.9 Å². The fourth-order valence-electron chi connectivity index (χ4n) is 2.63. The molecule has 1 heterocycles. The van der Waals surface area contributed by atoms with Gasteiger partial charge in [-0.15, -0.1) is 24.0 Å². The Labute approximate surface area is 171 Å². The number of sulfone groups is 1. The van der Waals surface area contributed by atoms with Gasteiger partial charge in [-0.05, 0) is 38.3 Å². The zero-order valence-corrected chi connectivity index (χ0v) is 18.2. The average Bonchev–Trinajstić information content (AvgIpc) is 2.91. The van der Waals surface area contributed by atoms with Gasteiger partial charge in [0.1, 0.15) is 6.10 Å². The summed E-state index contributed by atoms with van der Waals surface area (Å²) in [5.74, 6) is 1.02. The molecule has 0 aromatic heterocycles. The number of nitrogens with zero attached hydrogens (tertiary/aromatic N) is 1. The Bertz CT molecular complexity index is 700. The van der Waals surface area contributed by atoms with Crippen molar-refractivity contribution in [2.45, 2.75) is 26.4 Å². The molecule has 1 saturated heterocycles. The molecular formula is C17H27FIN3O3S. The number of aliphatic imine (C=N–C) groups is 1. The number of rotatable bonds is 7. The van der Waals surface area contributed by atoms with Crippen LogP contribution in [0.2, 0.25) is 0 Å². The largest absolute Gasteiger partial charge is 0.486 e. The maximum Gasteiger partial charge on any atom is 0.191 e. The van der Waals surface area contributed by atoms with Gasteiger partial charge in [0.05, 0.1) is 18.1 Å². The van der Waals surface area contributed by atoms with Gasteiger partial charge in [-0.3, -0.25) is 0 Å². The van der Waals surface area contributed by atoms with Crippen LogP contribution < -0.4 is 15.4 Å². The first kappa shape index (κ1) is 22.9. The van der Waals surface area contributed by atoms with Crippen molar-refractivity contribution in [2.75, 3.05) is 31.1 Å². The molecule has 2 N–H and O–H groups in total. The van der Waals surface area contributed by atoms with Crippen molar-refractivity contribution in [1.29, 1.82) is 0 Å². The summed E-state index contributed by atoms with van der Waals surface area (Å²) in [7, 11) is -2.88. The average molecular weight is 499 g/mol. The molecule has 0 bridgehead atoms. The number of guanidine groups is 1. The van der Waals surface area contributed by atoms with Gasteiger partial charge in [-0.1, -0.05) is 12.1 Å². The molecule has 1 aromatic rings. The van der Waals surface area contributed by atoms with E-state index in [1.807, 2.05) is 13.8 Å². The van der Waals surface area contributed by atoms with Gasteiger partial charge >= 0.3 is 0 Å². The lowest BCUT2D eigenvalue weighted by Crippen LogP contribution is -2.40. The molecule has 0 spiro atoms. The number of halogens is 2. The van der Waals surface area contributed by atoms with Crippen molar-refractivity contribution < 1.29 is 17.5 Å². The molecule has 1 aromatic carbocycles. The summed E-state index contributed by atoms with van der Waals surface area (Å²) in [5.41, 5.74) is 0. The first-order chi connectivity index (χ1) is 11.9. The van der Waals surface area contributed by atoms with Crippen molar-refractivity contribution in [1.82, 2.24) is 10.6 Å². The minimum atomic E-state index is -2.88. The molecule has 1 aliphatic rings. The molecule has 0 amide bonds. The Morgan fingerprint density at radius 1 is 1.38 bits per heavy atom. The number of nitrogens with one attached hydrogen (secondary N) is 2. The van der Waals surface area contributed by atoms with Crippen LogP contribution in [0, 0.1) is 11.7 Å². The Morgan fingerprint density at radius 2 is 2.12 bits per heavy atom. The predicted octanol–water partition coefficient (Wildman–Crippen LogP) is 2.20. The van der Waals surface area contributed by atoms with Gasteiger partial charge in [0.25, 0.3) is 0 Å². The maximum absolute atomic E-state index is 13.6. The van der Waals surface area contributed by atoms with Crippen LogP contribution in [-0.4, -0.2) is 51.6 Å². The fraction of sp³-hybridized carbons (Fsp3) is 0.588. The van der Waals surface area contributed by atoms with E-state index in [2.05, 4.69) is 15.6 Å².